The van der Waals surface area contributed by atoms with Crippen LogP contribution in [0, 0.1) is 0 Å². The van der Waals surface area contributed by atoms with Crippen LogP contribution in [0.5, 0.6) is 0 Å². The number of β-amino-alcohol motifs (C(OH)–C–C–N with tert-alkyl or cyclic N) is 1. The summed E-state index contributed by atoms with van der Waals surface area (Å²) in [7, 11) is 0. The van der Waals surface area contributed by atoms with Gasteiger partial charge in [-0.3, -0.25) is 15.1 Å². The van der Waals surface area contributed by atoms with E-state index in [1.165, 1.54) is 0 Å². The van der Waals surface area contributed by atoms with Gasteiger partial charge in [0.25, 0.3) is 0 Å². The summed E-state index contributed by atoms with van der Waals surface area (Å²) in [4.78, 5) is 12.7. The molecule has 6 heteroatoms. The predicted octanol–water partition coefficient (Wildman–Crippen LogP) is -2.20. The van der Waals surface area contributed by atoms with Crippen LogP contribution in [0.1, 0.15) is 12.8 Å². The zero-order valence-electron chi connectivity index (χ0n) is 8.07. The summed E-state index contributed by atoms with van der Waals surface area (Å²) in [6.45, 7) is 0.958. The molecule has 1 aliphatic rings. The lowest BCUT2D eigenvalue weighted by Crippen LogP contribution is -2.53. The first kappa shape index (κ1) is 11.4. The fourth-order valence-electron chi connectivity index (χ4n) is 1.72. The number of amides is 1. The molecule has 0 saturated carbocycles. The molecule has 0 radical (unpaired) electrons. The standard InChI is InChI=1S/C8H17N3O3/c9-10-7(13)4-11-3-1-2-8(14,5-11)6-12/h12,14H,1-6,9H2,(H,10,13). The number of nitrogens with zero attached hydrogens (tertiary/aromatic N) is 1. The number of carbonyl (C=O) groups excluding carboxylic acids is 1. The highest BCUT2D eigenvalue weighted by atomic mass is 16.3. The zero-order valence-corrected chi connectivity index (χ0v) is 8.07. The summed E-state index contributed by atoms with van der Waals surface area (Å²) in [5.74, 6) is 4.67. The van der Waals surface area contributed by atoms with Crippen molar-refractivity contribution in [1.29, 1.82) is 0 Å². The molecular weight excluding hydrogens is 186 g/mol. The quantitative estimate of drug-likeness (QED) is 0.237. The topological polar surface area (TPSA) is 98.8 Å². The van der Waals surface area contributed by atoms with E-state index in [0.717, 1.165) is 13.0 Å². The van der Waals surface area contributed by atoms with E-state index in [2.05, 4.69) is 0 Å². The van der Waals surface area contributed by atoms with Gasteiger partial charge in [-0.05, 0) is 19.4 Å². The lowest BCUT2D eigenvalue weighted by Gasteiger charge is -2.37. The van der Waals surface area contributed by atoms with E-state index in [4.69, 9.17) is 10.9 Å². The fourth-order valence-corrected chi connectivity index (χ4v) is 1.72. The van der Waals surface area contributed by atoms with Crippen molar-refractivity contribution in [2.75, 3.05) is 26.2 Å². The van der Waals surface area contributed by atoms with E-state index < -0.39 is 5.60 Å². The second-order valence-electron chi connectivity index (χ2n) is 3.76. The number of carbonyl (C=O) groups is 1. The van der Waals surface area contributed by atoms with Crippen molar-refractivity contribution in [2.24, 2.45) is 5.84 Å². The Morgan fingerprint density at radius 1 is 1.64 bits per heavy atom. The third-order valence-corrected chi connectivity index (χ3v) is 2.46. The highest BCUT2D eigenvalue weighted by Crippen LogP contribution is 2.19. The van der Waals surface area contributed by atoms with Gasteiger partial charge in [0.15, 0.2) is 0 Å². The van der Waals surface area contributed by atoms with Crippen molar-refractivity contribution in [1.82, 2.24) is 10.3 Å². The molecule has 6 nitrogen and oxygen atoms in total. The lowest BCUT2D eigenvalue weighted by molar-refractivity contribution is -0.125. The number of nitrogens with one attached hydrogen (secondary N) is 1. The van der Waals surface area contributed by atoms with Gasteiger partial charge in [0, 0.05) is 6.54 Å². The van der Waals surface area contributed by atoms with Crippen LogP contribution in [0.15, 0.2) is 0 Å². The highest BCUT2D eigenvalue weighted by molar-refractivity contribution is 5.77. The third kappa shape index (κ3) is 2.91. The van der Waals surface area contributed by atoms with Crippen LogP contribution in [-0.4, -0.2) is 52.9 Å². The number of nitrogens with two attached hydrogens (primary N) is 1. The molecule has 14 heavy (non-hydrogen) atoms. The Balaban J connectivity index is 2.44. The Morgan fingerprint density at radius 2 is 2.36 bits per heavy atom. The van der Waals surface area contributed by atoms with E-state index in [1.54, 1.807) is 4.90 Å². The van der Waals surface area contributed by atoms with Gasteiger partial charge < -0.3 is 10.2 Å². The monoisotopic (exact) mass is 203 g/mol. The first-order valence-electron chi connectivity index (χ1n) is 4.65. The lowest BCUT2D eigenvalue weighted by atomic mass is 9.94. The van der Waals surface area contributed by atoms with Crippen LogP contribution in [-0.2, 0) is 4.79 Å². The average molecular weight is 203 g/mol. The van der Waals surface area contributed by atoms with Gasteiger partial charge in [0.1, 0.15) is 5.60 Å². The van der Waals surface area contributed by atoms with Gasteiger partial charge in [-0.25, -0.2) is 5.84 Å². The first-order valence-corrected chi connectivity index (χ1v) is 4.65. The molecule has 1 aliphatic heterocycles. The molecule has 1 saturated heterocycles. The molecule has 1 atom stereocenters. The maximum Gasteiger partial charge on any atom is 0.248 e. The number of aliphatic hydroxyl groups excluding tert-OH is 1. The normalized spacial score (nSPS) is 28.8. The Labute approximate surface area is 82.7 Å². The maximum atomic E-state index is 11.0. The SMILES string of the molecule is NNC(=O)CN1CCCC(O)(CO)C1. The Kier molecular flexibility index (Phi) is 3.82. The molecule has 1 rings (SSSR count). The van der Waals surface area contributed by atoms with Crippen LogP contribution in [0.25, 0.3) is 0 Å². The summed E-state index contributed by atoms with van der Waals surface area (Å²) in [6.07, 6.45) is 1.35. The van der Waals surface area contributed by atoms with E-state index in [-0.39, 0.29) is 19.1 Å². The molecular formula is C8H17N3O3. The minimum atomic E-state index is -1.06. The van der Waals surface area contributed by atoms with Crippen molar-refractivity contribution in [3.63, 3.8) is 0 Å². The second-order valence-corrected chi connectivity index (χ2v) is 3.76. The van der Waals surface area contributed by atoms with Crippen molar-refractivity contribution in [3.8, 4) is 0 Å². The fraction of sp³-hybridized carbons (Fsp3) is 0.875. The van der Waals surface area contributed by atoms with Gasteiger partial charge in [-0.2, -0.15) is 0 Å². The molecule has 0 spiro atoms. The first-order chi connectivity index (χ1) is 6.59. The Morgan fingerprint density at radius 3 is 2.93 bits per heavy atom. The number of aliphatic hydroxyl groups is 2. The van der Waals surface area contributed by atoms with E-state index >= 15 is 0 Å². The molecule has 82 valence electrons. The smallest absolute Gasteiger partial charge is 0.248 e. The molecule has 0 aliphatic carbocycles. The average Bonchev–Trinajstić information content (AvgIpc) is 2.18. The summed E-state index contributed by atoms with van der Waals surface area (Å²) in [5, 5.41) is 18.7. The minimum absolute atomic E-state index is 0.165. The van der Waals surface area contributed by atoms with Crippen LogP contribution in [0.4, 0.5) is 0 Å². The molecule has 0 aromatic carbocycles. The predicted molar refractivity (Wildman–Crippen MR) is 50.0 cm³/mol. The van der Waals surface area contributed by atoms with Crippen molar-refractivity contribution >= 4 is 5.91 Å². The molecule has 1 fully saturated rings. The highest BCUT2D eigenvalue weighted by Gasteiger charge is 2.32. The molecule has 1 heterocycles. The summed E-state index contributed by atoms with van der Waals surface area (Å²) >= 11 is 0. The minimum Gasteiger partial charge on any atom is -0.393 e. The molecule has 1 amide bonds. The van der Waals surface area contributed by atoms with Gasteiger partial charge in [0.05, 0.1) is 13.2 Å². The van der Waals surface area contributed by atoms with Gasteiger partial charge in [-0.1, -0.05) is 0 Å². The van der Waals surface area contributed by atoms with Gasteiger partial charge in [-0.15, -0.1) is 0 Å². The van der Waals surface area contributed by atoms with E-state index in [0.29, 0.717) is 13.0 Å². The van der Waals surface area contributed by atoms with E-state index in [1.807, 2.05) is 5.43 Å². The van der Waals surface area contributed by atoms with Crippen molar-refractivity contribution in [2.45, 2.75) is 18.4 Å². The molecule has 0 bridgehead atoms. The third-order valence-electron chi connectivity index (χ3n) is 2.46. The van der Waals surface area contributed by atoms with Crippen LogP contribution < -0.4 is 11.3 Å². The number of hydrogen-bond donors (Lipinski definition) is 4. The van der Waals surface area contributed by atoms with Gasteiger partial charge >= 0.3 is 0 Å². The Bertz CT molecular complexity index is 212. The van der Waals surface area contributed by atoms with Crippen LogP contribution in [0.3, 0.4) is 0 Å². The van der Waals surface area contributed by atoms with E-state index in [9.17, 15) is 9.90 Å². The van der Waals surface area contributed by atoms with Crippen LogP contribution in [0.2, 0.25) is 0 Å². The summed E-state index contributed by atoms with van der Waals surface area (Å²) in [6, 6.07) is 0. The summed E-state index contributed by atoms with van der Waals surface area (Å²) < 4.78 is 0. The summed E-state index contributed by atoms with van der Waals surface area (Å²) in [5.41, 5.74) is 0.971. The molecule has 1 unspecified atom stereocenters. The maximum absolute atomic E-state index is 11.0. The zero-order chi connectivity index (χ0) is 10.6. The number of piperidine rings is 1. The van der Waals surface area contributed by atoms with Crippen molar-refractivity contribution in [3.05, 3.63) is 0 Å². The largest absolute Gasteiger partial charge is 0.393 e. The number of hydrogen-bond acceptors (Lipinski definition) is 5. The second kappa shape index (κ2) is 4.70. The number of likely N-dealkylation sites (tertiary alicyclic amines) is 1. The molecule has 5 N–H and O–H groups in total. The Hall–Kier alpha value is -0.690. The van der Waals surface area contributed by atoms with Crippen LogP contribution >= 0.6 is 0 Å². The molecule has 0 aromatic rings. The van der Waals surface area contributed by atoms with Crippen molar-refractivity contribution < 1.29 is 15.0 Å². The molecule has 0 aromatic heterocycles. The van der Waals surface area contributed by atoms with Gasteiger partial charge in [0.2, 0.25) is 5.91 Å². The number of hydrazine groups is 1. The number of rotatable bonds is 3.